The molecule has 6 heteroatoms. The van der Waals surface area contributed by atoms with Crippen molar-refractivity contribution in [3.63, 3.8) is 0 Å². The van der Waals surface area contributed by atoms with Gasteiger partial charge in [-0.2, -0.15) is 0 Å². The summed E-state index contributed by atoms with van der Waals surface area (Å²) >= 11 is 6.38. The second-order valence-corrected chi connectivity index (χ2v) is 6.82. The number of aromatic nitrogens is 2. The molecule has 116 valence electrons. The molecule has 1 aromatic carbocycles. The van der Waals surface area contributed by atoms with E-state index in [4.69, 9.17) is 16.6 Å². The maximum Gasteiger partial charge on any atom is 0.225 e. The van der Waals surface area contributed by atoms with E-state index in [9.17, 15) is 0 Å². The first-order valence-electron chi connectivity index (χ1n) is 7.94. The predicted octanol–water partition coefficient (Wildman–Crippen LogP) is 1.18. The maximum atomic E-state index is 6.38. The highest BCUT2D eigenvalue weighted by atomic mass is 35.5. The minimum atomic E-state index is 0.174. The molecule has 1 saturated heterocycles. The Morgan fingerprint density at radius 1 is 1.04 bits per heavy atom. The van der Waals surface area contributed by atoms with Crippen molar-refractivity contribution in [2.75, 3.05) is 24.5 Å². The van der Waals surface area contributed by atoms with E-state index in [1.165, 1.54) is 12.8 Å². The summed E-state index contributed by atoms with van der Waals surface area (Å²) in [7, 11) is 0. The number of nitrogens with zero attached hydrogens (tertiary/aromatic N) is 5. The molecular weight excluding hydrogens is 310 g/mol. The van der Waals surface area contributed by atoms with Crippen LogP contribution in [0, 0.1) is 0 Å². The van der Waals surface area contributed by atoms with E-state index in [0.29, 0.717) is 0 Å². The van der Waals surface area contributed by atoms with Crippen LogP contribution in [-0.4, -0.2) is 40.0 Å². The van der Waals surface area contributed by atoms with Crippen LogP contribution in [0.15, 0.2) is 41.7 Å². The lowest BCUT2D eigenvalue weighted by molar-refractivity contribution is 0.235. The van der Waals surface area contributed by atoms with Crippen molar-refractivity contribution < 1.29 is 0 Å². The average Bonchev–Trinajstić information content (AvgIpc) is 3.31. The van der Waals surface area contributed by atoms with E-state index in [2.05, 4.69) is 19.8 Å². The standard InChI is InChI=1S/C17H16ClN5/c18-12-3-1-4-13-14(12)15(21-13)23-10-9-22(11-17(23)5-6-17)16-19-7-2-8-20-16/h1-4,7-8H,5-6,9-11H2. The molecule has 0 amide bonds. The molecule has 1 spiro atoms. The molecule has 23 heavy (non-hydrogen) atoms. The summed E-state index contributed by atoms with van der Waals surface area (Å²) in [6.45, 7) is 2.79. The van der Waals surface area contributed by atoms with Crippen molar-refractivity contribution in [1.82, 2.24) is 14.9 Å². The summed E-state index contributed by atoms with van der Waals surface area (Å²) in [6, 6.07) is 7.79. The summed E-state index contributed by atoms with van der Waals surface area (Å²) < 4.78 is 0. The van der Waals surface area contributed by atoms with Crippen molar-refractivity contribution in [1.29, 1.82) is 0 Å². The fraction of sp³-hybridized carbons (Fsp3) is 0.353. The summed E-state index contributed by atoms with van der Waals surface area (Å²) in [5, 5.41) is 2.93. The Hall–Kier alpha value is -2.14. The smallest absolute Gasteiger partial charge is 0.225 e. The van der Waals surface area contributed by atoms with Crippen molar-refractivity contribution in [3.8, 4) is 0 Å². The minimum Gasteiger partial charge on any atom is -0.347 e. The Morgan fingerprint density at radius 3 is 2.61 bits per heavy atom. The number of halogens is 1. The zero-order valence-electron chi connectivity index (χ0n) is 12.6. The molecule has 3 heterocycles. The van der Waals surface area contributed by atoms with Crippen molar-refractivity contribution in [2.45, 2.75) is 18.4 Å². The molecule has 2 aliphatic heterocycles. The lowest BCUT2D eigenvalue weighted by Gasteiger charge is -2.44. The third kappa shape index (κ3) is 1.96. The second kappa shape index (κ2) is 4.68. The van der Waals surface area contributed by atoms with Crippen LogP contribution in [0.25, 0.3) is 5.82 Å². The van der Waals surface area contributed by atoms with Crippen molar-refractivity contribution >= 4 is 23.4 Å². The minimum absolute atomic E-state index is 0.174. The van der Waals surface area contributed by atoms with Crippen LogP contribution >= 0.6 is 11.6 Å². The summed E-state index contributed by atoms with van der Waals surface area (Å²) in [5.74, 6) is 1.89. The molecular formula is C17H16ClN5. The van der Waals surface area contributed by atoms with Crippen LogP contribution in [0.4, 0.5) is 5.95 Å². The zero-order chi connectivity index (χ0) is 15.4. The Morgan fingerprint density at radius 2 is 1.87 bits per heavy atom. The molecule has 5 rings (SSSR count). The van der Waals surface area contributed by atoms with Crippen LogP contribution in [0.2, 0.25) is 5.02 Å². The van der Waals surface area contributed by atoms with E-state index >= 15 is 0 Å². The van der Waals surface area contributed by atoms with E-state index in [1.807, 2.05) is 24.3 Å². The molecule has 0 unspecified atom stereocenters. The summed E-state index contributed by atoms with van der Waals surface area (Å²) in [4.78, 5) is 18.2. The van der Waals surface area contributed by atoms with Gasteiger partial charge in [0.05, 0.1) is 21.1 Å². The molecule has 5 nitrogen and oxygen atoms in total. The van der Waals surface area contributed by atoms with Crippen molar-refractivity contribution in [3.05, 3.63) is 52.3 Å². The molecule has 0 N–H and O–H groups in total. The van der Waals surface area contributed by atoms with Crippen LogP contribution in [0.5, 0.6) is 0 Å². The highest BCUT2D eigenvalue weighted by Gasteiger charge is 2.53. The van der Waals surface area contributed by atoms with Crippen LogP contribution in [0.3, 0.4) is 0 Å². The van der Waals surface area contributed by atoms with E-state index in [0.717, 1.165) is 47.0 Å². The summed E-state index contributed by atoms with van der Waals surface area (Å²) in [5.41, 5.74) is 0.174. The van der Waals surface area contributed by atoms with Gasteiger partial charge in [-0.25, -0.2) is 15.0 Å². The Bertz CT molecular complexity index is 891. The van der Waals surface area contributed by atoms with Gasteiger partial charge >= 0.3 is 0 Å². The molecule has 0 atom stereocenters. The lowest BCUT2D eigenvalue weighted by Crippen LogP contribution is -2.57. The topological polar surface area (TPSA) is 44.6 Å². The molecule has 2 aromatic rings. The average molecular weight is 326 g/mol. The number of hydrogen-bond donors (Lipinski definition) is 0. The van der Waals surface area contributed by atoms with Gasteiger partial charge in [0.15, 0.2) is 0 Å². The number of benzene rings is 1. The summed E-state index contributed by atoms with van der Waals surface area (Å²) in [6.07, 6.45) is 5.99. The Labute approximate surface area is 138 Å². The van der Waals surface area contributed by atoms with E-state index in [1.54, 1.807) is 12.4 Å². The van der Waals surface area contributed by atoms with Gasteiger partial charge in [-0.1, -0.05) is 17.7 Å². The SMILES string of the molecule is Clc1cccc2c1=C(N1CCN(c3ncccn3)CC13CC3)N=2. The van der Waals surface area contributed by atoms with Gasteiger partial charge in [0.25, 0.3) is 0 Å². The first kappa shape index (κ1) is 13.3. The van der Waals surface area contributed by atoms with Gasteiger partial charge in [-0.3, -0.25) is 0 Å². The molecule has 3 aliphatic rings. The Balaban J connectivity index is 1.48. The van der Waals surface area contributed by atoms with Crippen LogP contribution in [-0.2, 0) is 0 Å². The van der Waals surface area contributed by atoms with Gasteiger partial charge in [0.1, 0.15) is 5.82 Å². The number of fused-ring (bicyclic) bond motifs is 1. The van der Waals surface area contributed by atoms with Gasteiger partial charge in [0.2, 0.25) is 5.95 Å². The molecule has 0 bridgehead atoms. The fourth-order valence-corrected chi connectivity index (χ4v) is 3.90. The van der Waals surface area contributed by atoms with Crippen LogP contribution < -0.4 is 15.5 Å². The molecule has 2 fully saturated rings. The predicted molar refractivity (Wildman–Crippen MR) is 88.6 cm³/mol. The second-order valence-electron chi connectivity index (χ2n) is 6.42. The molecule has 1 aliphatic carbocycles. The quantitative estimate of drug-likeness (QED) is 0.832. The molecule has 0 radical (unpaired) electrons. The van der Waals surface area contributed by atoms with E-state index in [-0.39, 0.29) is 5.54 Å². The Kier molecular flexibility index (Phi) is 2.71. The normalized spacial score (nSPS) is 20.8. The highest BCUT2D eigenvalue weighted by Crippen LogP contribution is 2.47. The number of anilines is 1. The number of piperazine rings is 1. The van der Waals surface area contributed by atoms with Gasteiger partial charge in [0, 0.05) is 32.0 Å². The van der Waals surface area contributed by atoms with Crippen molar-refractivity contribution in [2.24, 2.45) is 4.99 Å². The number of hydrogen-bond acceptors (Lipinski definition) is 5. The number of rotatable bonds is 2. The van der Waals surface area contributed by atoms with Gasteiger partial charge in [-0.05, 0) is 31.0 Å². The molecule has 1 saturated carbocycles. The molecule has 1 aromatic heterocycles. The van der Waals surface area contributed by atoms with Gasteiger partial charge in [-0.15, -0.1) is 0 Å². The van der Waals surface area contributed by atoms with E-state index < -0.39 is 0 Å². The highest BCUT2D eigenvalue weighted by molar-refractivity contribution is 6.30. The van der Waals surface area contributed by atoms with Gasteiger partial charge < -0.3 is 9.80 Å². The zero-order valence-corrected chi connectivity index (χ0v) is 13.4. The maximum absolute atomic E-state index is 6.38. The fourth-order valence-electron chi connectivity index (χ4n) is 3.65. The third-order valence-electron chi connectivity index (χ3n) is 5.01. The first-order valence-corrected chi connectivity index (χ1v) is 8.32. The first-order chi connectivity index (χ1) is 11.3. The largest absolute Gasteiger partial charge is 0.347 e. The lowest BCUT2D eigenvalue weighted by atomic mass is 10.1. The van der Waals surface area contributed by atoms with Crippen LogP contribution in [0.1, 0.15) is 12.8 Å². The third-order valence-corrected chi connectivity index (χ3v) is 5.33. The monoisotopic (exact) mass is 325 g/mol.